The van der Waals surface area contributed by atoms with Crippen LogP contribution in [0.1, 0.15) is 30.1 Å². The van der Waals surface area contributed by atoms with Crippen LogP contribution in [-0.4, -0.2) is 36.0 Å². The fraction of sp³-hybridized carbons (Fsp3) is 0.467. The first kappa shape index (κ1) is 12.8. The van der Waals surface area contributed by atoms with Crippen molar-refractivity contribution in [1.29, 1.82) is 0 Å². The normalized spacial score (nSPS) is 31.1. The summed E-state index contributed by atoms with van der Waals surface area (Å²) in [5.74, 6) is 2.10. The van der Waals surface area contributed by atoms with Gasteiger partial charge >= 0.3 is 0 Å². The van der Waals surface area contributed by atoms with Gasteiger partial charge in [0.25, 0.3) is 0 Å². The Kier molecular flexibility index (Phi) is 2.77. The third-order valence-corrected chi connectivity index (χ3v) is 4.46. The van der Waals surface area contributed by atoms with E-state index in [0.29, 0.717) is 31.5 Å². The molecule has 2 N–H and O–H groups in total. The highest BCUT2D eigenvalue weighted by Gasteiger charge is 2.44. The molecule has 2 aliphatic heterocycles. The van der Waals surface area contributed by atoms with Gasteiger partial charge < -0.3 is 19.7 Å². The Hall–Kier alpha value is -1.92. The second-order valence-electron chi connectivity index (χ2n) is 5.90. The second kappa shape index (κ2) is 4.54. The number of aromatic nitrogens is 2. The van der Waals surface area contributed by atoms with Crippen molar-refractivity contribution >= 4 is 0 Å². The van der Waals surface area contributed by atoms with Crippen LogP contribution in [0.25, 0.3) is 0 Å². The first-order valence-corrected chi connectivity index (χ1v) is 7.07. The molecule has 1 aromatic heterocycles. The van der Waals surface area contributed by atoms with Gasteiger partial charge in [-0.3, -0.25) is 0 Å². The molecule has 6 heteroatoms. The van der Waals surface area contributed by atoms with Gasteiger partial charge in [-0.25, -0.2) is 0 Å². The zero-order valence-electron chi connectivity index (χ0n) is 11.8. The van der Waals surface area contributed by atoms with E-state index in [9.17, 15) is 0 Å². The van der Waals surface area contributed by atoms with Crippen LogP contribution in [-0.2, 0) is 10.2 Å². The van der Waals surface area contributed by atoms with Crippen LogP contribution in [0.3, 0.4) is 0 Å². The molecule has 3 unspecified atom stereocenters. The molecular formula is C15H17N3O3. The van der Waals surface area contributed by atoms with Gasteiger partial charge in [0.2, 0.25) is 5.89 Å². The summed E-state index contributed by atoms with van der Waals surface area (Å²) < 4.78 is 16.6. The zero-order chi connectivity index (χ0) is 14.4. The molecular weight excluding hydrogens is 270 g/mol. The molecule has 6 nitrogen and oxygen atoms in total. The number of nitrogens with zero attached hydrogens (tertiary/aromatic N) is 2. The molecule has 1 saturated heterocycles. The van der Waals surface area contributed by atoms with E-state index >= 15 is 0 Å². The smallest absolute Gasteiger partial charge is 0.236 e. The first-order chi connectivity index (χ1) is 10.2. The lowest BCUT2D eigenvalue weighted by Crippen LogP contribution is -2.42. The second-order valence-corrected chi connectivity index (χ2v) is 5.90. The maximum absolute atomic E-state index is 6.11. The van der Waals surface area contributed by atoms with E-state index in [1.165, 1.54) is 0 Å². The molecule has 1 aromatic carbocycles. The van der Waals surface area contributed by atoms with Crippen molar-refractivity contribution in [3.8, 4) is 5.75 Å². The van der Waals surface area contributed by atoms with Crippen molar-refractivity contribution in [3.05, 3.63) is 41.5 Å². The molecule has 21 heavy (non-hydrogen) atoms. The van der Waals surface area contributed by atoms with Crippen molar-refractivity contribution in [2.24, 2.45) is 5.73 Å². The number of rotatable bonds is 2. The van der Waals surface area contributed by atoms with Gasteiger partial charge in [-0.2, -0.15) is 4.98 Å². The maximum atomic E-state index is 6.11. The quantitative estimate of drug-likeness (QED) is 0.894. The van der Waals surface area contributed by atoms with Crippen LogP contribution in [0.5, 0.6) is 5.75 Å². The Labute approximate surface area is 122 Å². The first-order valence-electron chi connectivity index (χ1n) is 7.07. The number of benzene rings is 1. The van der Waals surface area contributed by atoms with E-state index in [1.54, 1.807) is 0 Å². The Morgan fingerprint density at radius 2 is 2.14 bits per heavy atom. The predicted molar refractivity (Wildman–Crippen MR) is 74.2 cm³/mol. The Balaban J connectivity index is 1.67. The number of ether oxygens (including phenoxy) is 2. The van der Waals surface area contributed by atoms with Crippen LogP contribution in [0.2, 0.25) is 0 Å². The zero-order valence-corrected chi connectivity index (χ0v) is 11.8. The lowest BCUT2D eigenvalue weighted by molar-refractivity contribution is 0.169. The fourth-order valence-corrected chi connectivity index (χ4v) is 2.89. The van der Waals surface area contributed by atoms with E-state index in [2.05, 4.69) is 10.1 Å². The average Bonchev–Trinajstić information content (AvgIpc) is 3.19. The lowest BCUT2D eigenvalue weighted by Gasteiger charge is -2.21. The highest BCUT2D eigenvalue weighted by atomic mass is 16.5. The molecule has 0 saturated carbocycles. The van der Waals surface area contributed by atoms with E-state index in [4.69, 9.17) is 19.7 Å². The number of fused-ring (bicyclic) bond motifs is 1. The molecule has 110 valence electrons. The Morgan fingerprint density at radius 1 is 1.29 bits per heavy atom. The minimum absolute atomic E-state index is 0.0147. The molecule has 0 bridgehead atoms. The number of para-hydroxylation sites is 1. The number of hydrogen-bond acceptors (Lipinski definition) is 6. The van der Waals surface area contributed by atoms with Crippen molar-refractivity contribution in [2.75, 3.05) is 19.8 Å². The van der Waals surface area contributed by atoms with Gasteiger partial charge in [0, 0.05) is 11.6 Å². The summed E-state index contributed by atoms with van der Waals surface area (Å²) >= 11 is 0. The summed E-state index contributed by atoms with van der Waals surface area (Å²) in [5, 5.41) is 4.14. The van der Waals surface area contributed by atoms with Gasteiger partial charge in [0.1, 0.15) is 12.4 Å². The lowest BCUT2D eigenvalue weighted by atomic mass is 9.86. The number of nitrogens with two attached hydrogens (primary N) is 1. The van der Waals surface area contributed by atoms with E-state index < -0.39 is 5.41 Å². The van der Waals surface area contributed by atoms with Crippen molar-refractivity contribution in [1.82, 2.24) is 10.1 Å². The standard InChI is InChI=1S/C15H17N3O3/c1-15(8-19-7-12(15)16)14-17-13(18-21-14)10-6-20-11-5-3-2-4-9(10)11/h2-5,10,12H,6-8,16H2,1H3. The van der Waals surface area contributed by atoms with Crippen molar-refractivity contribution in [3.63, 3.8) is 0 Å². The fourth-order valence-electron chi connectivity index (χ4n) is 2.89. The minimum Gasteiger partial charge on any atom is -0.492 e. The molecule has 0 aliphatic carbocycles. The molecule has 1 fully saturated rings. The van der Waals surface area contributed by atoms with Crippen LogP contribution < -0.4 is 10.5 Å². The van der Waals surface area contributed by atoms with Gasteiger partial charge in [-0.05, 0) is 13.0 Å². The monoisotopic (exact) mass is 287 g/mol. The highest BCUT2D eigenvalue weighted by molar-refractivity contribution is 5.42. The Bertz CT molecular complexity index is 672. The molecule has 2 aromatic rings. The van der Waals surface area contributed by atoms with Crippen LogP contribution in [0.4, 0.5) is 0 Å². The van der Waals surface area contributed by atoms with Crippen LogP contribution >= 0.6 is 0 Å². The van der Waals surface area contributed by atoms with Crippen LogP contribution in [0.15, 0.2) is 28.8 Å². The SMILES string of the molecule is CC1(c2nc(C3COc4ccccc43)no2)COCC1N. The molecule has 0 radical (unpaired) electrons. The molecule has 0 spiro atoms. The minimum atomic E-state index is -0.412. The van der Waals surface area contributed by atoms with Gasteiger partial charge in [0.15, 0.2) is 5.82 Å². The van der Waals surface area contributed by atoms with Crippen LogP contribution in [0, 0.1) is 0 Å². The largest absolute Gasteiger partial charge is 0.492 e. The van der Waals surface area contributed by atoms with E-state index in [1.807, 2.05) is 31.2 Å². The topological polar surface area (TPSA) is 83.4 Å². The summed E-state index contributed by atoms with van der Waals surface area (Å²) in [6.07, 6.45) is 0. The summed E-state index contributed by atoms with van der Waals surface area (Å²) in [5.41, 5.74) is 6.79. The summed E-state index contributed by atoms with van der Waals surface area (Å²) in [4.78, 5) is 4.58. The Morgan fingerprint density at radius 3 is 2.95 bits per heavy atom. The molecule has 4 rings (SSSR count). The van der Waals surface area contributed by atoms with Crippen molar-refractivity contribution < 1.29 is 14.0 Å². The number of hydrogen-bond donors (Lipinski definition) is 1. The van der Waals surface area contributed by atoms with E-state index in [-0.39, 0.29) is 12.0 Å². The van der Waals surface area contributed by atoms with Gasteiger partial charge in [-0.1, -0.05) is 23.4 Å². The summed E-state index contributed by atoms with van der Waals surface area (Å²) in [6.45, 7) is 3.57. The molecule has 3 atom stereocenters. The predicted octanol–water partition coefficient (Wildman–Crippen LogP) is 1.21. The van der Waals surface area contributed by atoms with E-state index in [0.717, 1.165) is 11.3 Å². The molecule has 0 amide bonds. The van der Waals surface area contributed by atoms with Crippen molar-refractivity contribution in [2.45, 2.75) is 24.3 Å². The average molecular weight is 287 g/mol. The molecule has 2 aliphatic rings. The van der Waals surface area contributed by atoms with Gasteiger partial charge in [-0.15, -0.1) is 0 Å². The summed E-state index contributed by atoms with van der Waals surface area (Å²) in [6, 6.07) is 7.81. The summed E-state index contributed by atoms with van der Waals surface area (Å²) in [7, 11) is 0. The van der Waals surface area contributed by atoms with Gasteiger partial charge in [0.05, 0.1) is 24.5 Å². The highest BCUT2D eigenvalue weighted by Crippen LogP contribution is 2.38. The third kappa shape index (κ3) is 1.86. The molecule has 3 heterocycles. The maximum Gasteiger partial charge on any atom is 0.236 e. The third-order valence-electron chi connectivity index (χ3n) is 4.46.